The van der Waals surface area contributed by atoms with Gasteiger partial charge < -0.3 is 5.32 Å². The second-order valence-corrected chi connectivity index (χ2v) is 9.50. The first-order valence-electron chi connectivity index (χ1n) is 9.98. The Morgan fingerprint density at radius 3 is 2.30 bits per heavy atom. The molecule has 0 aliphatic carbocycles. The van der Waals surface area contributed by atoms with Gasteiger partial charge in [-0.1, -0.05) is 18.2 Å². The summed E-state index contributed by atoms with van der Waals surface area (Å²) in [6.45, 7) is 6.24. The second-order valence-electron chi connectivity index (χ2n) is 7.61. The number of nitrogens with zero attached hydrogens (tertiary/aromatic N) is 4. The monoisotopic (exact) mass is 423 g/mol. The lowest BCUT2D eigenvalue weighted by Gasteiger charge is -2.24. The van der Waals surface area contributed by atoms with Crippen molar-refractivity contribution in [1.82, 2.24) is 19.3 Å². The number of hydrogen-bond donors (Lipinski definition) is 1. The highest BCUT2D eigenvalue weighted by atomic mass is 32.2. The number of benzene rings is 1. The van der Waals surface area contributed by atoms with Crippen LogP contribution in [0.2, 0.25) is 0 Å². The Bertz CT molecular complexity index is 1150. The molecule has 0 amide bonds. The molecule has 0 unspecified atom stereocenters. The van der Waals surface area contributed by atoms with E-state index in [1.54, 1.807) is 28.6 Å². The zero-order valence-electron chi connectivity index (χ0n) is 17.3. The minimum absolute atomic E-state index is 0.296. The van der Waals surface area contributed by atoms with Gasteiger partial charge in [0.1, 0.15) is 0 Å². The summed E-state index contributed by atoms with van der Waals surface area (Å²) in [5.74, 6) is 0.518. The summed E-state index contributed by atoms with van der Waals surface area (Å²) in [5, 5.41) is 3.25. The predicted octanol–water partition coefficient (Wildman–Crippen LogP) is 4.07. The van der Waals surface area contributed by atoms with Crippen LogP contribution in [0.25, 0.3) is 0 Å². The van der Waals surface area contributed by atoms with Gasteiger partial charge in [0.25, 0.3) is 0 Å². The van der Waals surface area contributed by atoms with Crippen molar-refractivity contribution in [2.75, 3.05) is 11.9 Å². The molecule has 0 radical (unpaired) electrons. The van der Waals surface area contributed by atoms with Crippen LogP contribution in [-0.4, -0.2) is 34.2 Å². The minimum atomic E-state index is -3.58. The molecule has 7 nitrogen and oxygen atoms in total. The van der Waals surface area contributed by atoms with Crippen molar-refractivity contribution >= 4 is 21.7 Å². The molecular weight excluding hydrogens is 398 g/mol. The molecule has 1 fully saturated rings. The normalized spacial score (nSPS) is 17.2. The van der Waals surface area contributed by atoms with Gasteiger partial charge in [0.05, 0.1) is 16.6 Å². The van der Waals surface area contributed by atoms with Gasteiger partial charge in [-0.05, 0) is 63.9 Å². The van der Waals surface area contributed by atoms with Crippen molar-refractivity contribution in [2.24, 2.45) is 0 Å². The molecule has 0 spiro atoms. The van der Waals surface area contributed by atoms with Gasteiger partial charge in [0.2, 0.25) is 16.0 Å². The van der Waals surface area contributed by atoms with E-state index in [0.29, 0.717) is 17.4 Å². The number of pyridine rings is 1. The molecule has 1 aromatic carbocycles. The first-order chi connectivity index (χ1) is 14.3. The fourth-order valence-corrected chi connectivity index (χ4v) is 5.59. The Morgan fingerprint density at radius 2 is 1.60 bits per heavy atom. The van der Waals surface area contributed by atoms with Crippen LogP contribution < -0.4 is 5.32 Å². The fourth-order valence-electron chi connectivity index (χ4n) is 3.90. The maximum atomic E-state index is 13.2. The number of sulfonamides is 1. The lowest BCUT2D eigenvalue weighted by Crippen LogP contribution is -2.31. The number of rotatable bonds is 5. The first-order valence-corrected chi connectivity index (χ1v) is 11.4. The molecule has 1 saturated heterocycles. The second kappa shape index (κ2) is 8.12. The Labute approximate surface area is 177 Å². The molecule has 1 aliphatic heterocycles. The highest BCUT2D eigenvalue weighted by Gasteiger charge is 2.37. The van der Waals surface area contributed by atoms with Gasteiger partial charge in [0.15, 0.2) is 0 Å². The topological polar surface area (TPSA) is 88.1 Å². The van der Waals surface area contributed by atoms with Gasteiger partial charge in [0, 0.05) is 29.3 Å². The van der Waals surface area contributed by atoms with Gasteiger partial charge in [-0.3, -0.25) is 4.98 Å². The van der Waals surface area contributed by atoms with E-state index in [9.17, 15) is 8.42 Å². The van der Waals surface area contributed by atoms with Crippen LogP contribution in [0.4, 0.5) is 11.6 Å². The lowest BCUT2D eigenvalue weighted by molar-refractivity contribution is 0.390. The number of aryl methyl sites for hydroxylation is 3. The average Bonchev–Trinajstić information content (AvgIpc) is 3.18. The zero-order chi connectivity index (χ0) is 21.3. The van der Waals surface area contributed by atoms with Crippen molar-refractivity contribution < 1.29 is 8.42 Å². The molecule has 4 rings (SSSR count). The summed E-state index contributed by atoms with van der Waals surface area (Å²) in [6, 6.07) is 14.0. The van der Waals surface area contributed by atoms with E-state index >= 15 is 0 Å². The standard InChI is InChI=1S/C22H25N5O2S/c1-15-12-16(2)25-22(24-15)26-18-13-17(3)23-20(14-18)21-10-7-11-27(21)30(28,29)19-8-5-4-6-9-19/h4-6,8-9,12-14,21H,7,10-11H2,1-3H3,(H,23,24,25,26)/t21-/m1/s1. The summed E-state index contributed by atoms with van der Waals surface area (Å²) in [6.07, 6.45) is 1.54. The van der Waals surface area contributed by atoms with E-state index in [0.717, 1.165) is 41.3 Å². The van der Waals surface area contributed by atoms with Crippen LogP contribution in [0, 0.1) is 20.8 Å². The van der Waals surface area contributed by atoms with Crippen molar-refractivity contribution in [3.8, 4) is 0 Å². The Hall–Kier alpha value is -2.84. The number of aromatic nitrogens is 3. The Balaban J connectivity index is 1.66. The van der Waals surface area contributed by atoms with Gasteiger partial charge in [-0.15, -0.1) is 0 Å². The van der Waals surface area contributed by atoms with Crippen molar-refractivity contribution in [3.63, 3.8) is 0 Å². The molecule has 1 atom stereocenters. The van der Waals surface area contributed by atoms with E-state index in [4.69, 9.17) is 0 Å². The quantitative estimate of drug-likeness (QED) is 0.666. The molecule has 8 heteroatoms. The number of hydrogen-bond acceptors (Lipinski definition) is 6. The van der Waals surface area contributed by atoms with Gasteiger partial charge >= 0.3 is 0 Å². The first kappa shape index (κ1) is 20.4. The maximum absolute atomic E-state index is 13.2. The van der Waals surface area contributed by atoms with Crippen LogP contribution in [0.5, 0.6) is 0 Å². The van der Waals surface area contributed by atoms with Crippen LogP contribution in [0.3, 0.4) is 0 Å². The third-order valence-corrected chi connectivity index (χ3v) is 7.03. The fraction of sp³-hybridized carbons (Fsp3) is 0.318. The lowest BCUT2D eigenvalue weighted by atomic mass is 10.1. The molecule has 2 aromatic heterocycles. The number of anilines is 2. The molecular formula is C22H25N5O2S. The van der Waals surface area contributed by atoms with Crippen LogP contribution >= 0.6 is 0 Å². The minimum Gasteiger partial charge on any atom is -0.324 e. The number of nitrogens with one attached hydrogen (secondary N) is 1. The zero-order valence-corrected chi connectivity index (χ0v) is 18.1. The SMILES string of the molecule is Cc1cc(Nc2nc(C)cc(C)n2)cc([C@H]2CCCN2S(=O)(=O)c2ccccc2)n1. The van der Waals surface area contributed by atoms with Gasteiger partial charge in [-0.2, -0.15) is 4.31 Å². The van der Waals surface area contributed by atoms with E-state index in [2.05, 4.69) is 20.3 Å². The Kier molecular flexibility index (Phi) is 5.53. The largest absolute Gasteiger partial charge is 0.324 e. The highest BCUT2D eigenvalue weighted by Crippen LogP contribution is 2.36. The summed E-state index contributed by atoms with van der Waals surface area (Å²) in [5.41, 5.74) is 4.10. The third kappa shape index (κ3) is 4.20. The summed E-state index contributed by atoms with van der Waals surface area (Å²) in [7, 11) is -3.58. The van der Waals surface area contributed by atoms with Crippen molar-refractivity contribution in [1.29, 1.82) is 0 Å². The molecule has 3 aromatic rings. The van der Waals surface area contributed by atoms with Crippen LogP contribution in [0.1, 0.15) is 41.7 Å². The Morgan fingerprint density at radius 1 is 0.933 bits per heavy atom. The molecule has 1 aliphatic rings. The third-order valence-electron chi connectivity index (χ3n) is 5.11. The smallest absolute Gasteiger partial charge is 0.243 e. The van der Waals surface area contributed by atoms with E-state index in [1.165, 1.54) is 0 Å². The summed E-state index contributed by atoms with van der Waals surface area (Å²) >= 11 is 0. The van der Waals surface area contributed by atoms with Crippen LogP contribution in [0.15, 0.2) is 53.4 Å². The van der Waals surface area contributed by atoms with E-state index in [-0.39, 0.29) is 6.04 Å². The molecule has 1 N–H and O–H groups in total. The molecule has 3 heterocycles. The van der Waals surface area contributed by atoms with Crippen molar-refractivity contribution in [2.45, 2.75) is 44.6 Å². The maximum Gasteiger partial charge on any atom is 0.243 e. The van der Waals surface area contributed by atoms with E-state index in [1.807, 2.05) is 45.0 Å². The molecule has 156 valence electrons. The van der Waals surface area contributed by atoms with Crippen molar-refractivity contribution in [3.05, 3.63) is 71.3 Å². The van der Waals surface area contributed by atoms with E-state index < -0.39 is 10.0 Å². The molecule has 30 heavy (non-hydrogen) atoms. The highest BCUT2D eigenvalue weighted by molar-refractivity contribution is 7.89. The van der Waals surface area contributed by atoms with Crippen LogP contribution in [-0.2, 0) is 10.0 Å². The summed E-state index contributed by atoms with van der Waals surface area (Å²) < 4.78 is 28.0. The summed E-state index contributed by atoms with van der Waals surface area (Å²) in [4.78, 5) is 13.8. The molecule has 0 bridgehead atoms. The van der Waals surface area contributed by atoms with Gasteiger partial charge in [-0.25, -0.2) is 18.4 Å². The molecule has 0 saturated carbocycles. The average molecular weight is 424 g/mol. The predicted molar refractivity (Wildman–Crippen MR) is 116 cm³/mol.